The fourth-order valence-corrected chi connectivity index (χ4v) is 4.79. The highest BCUT2D eigenvalue weighted by Gasteiger charge is 2.18. The Kier molecular flexibility index (Phi) is 8.89. The van der Waals surface area contributed by atoms with Crippen molar-refractivity contribution in [3.63, 3.8) is 0 Å². The van der Waals surface area contributed by atoms with E-state index in [1.807, 2.05) is 12.1 Å². The van der Waals surface area contributed by atoms with E-state index in [1.165, 1.54) is 17.7 Å². The summed E-state index contributed by atoms with van der Waals surface area (Å²) in [6.07, 6.45) is 0. The summed E-state index contributed by atoms with van der Waals surface area (Å²) in [5.41, 5.74) is 3.60. The van der Waals surface area contributed by atoms with E-state index in [9.17, 15) is 13.2 Å². The summed E-state index contributed by atoms with van der Waals surface area (Å²) in [5.74, 6) is 0.305. The van der Waals surface area contributed by atoms with Gasteiger partial charge in [-0.25, -0.2) is 8.42 Å². The Morgan fingerprint density at radius 2 is 1.63 bits per heavy atom. The molecule has 0 radical (unpaired) electrons. The molecule has 0 spiro atoms. The Bertz CT molecular complexity index is 1250. The Morgan fingerprint density at radius 3 is 2.29 bits per heavy atom. The second kappa shape index (κ2) is 11.9. The molecule has 0 atom stereocenters. The van der Waals surface area contributed by atoms with Crippen molar-refractivity contribution >= 4 is 21.6 Å². The molecular weight excluding hydrogens is 462 g/mol. The number of nitrogens with zero attached hydrogens (tertiary/aromatic N) is 1. The van der Waals surface area contributed by atoms with Gasteiger partial charge in [-0.3, -0.25) is 14.4 Å². The molecule has 3 rings (SSSR count). The van der Waals surface area contributed by atoms with Gasteiger partial charge in [0, 0.05) is 24.3 Å². The Hall–Kier alpha value is -3.36. The van der Waals surface area contributed by atoms with Gasteiger partial charge in [0.15, 0.2) is 0 Å². The number of ether oxygens (including phenoxy) is 1. The van der Waals surface area contributed by atoms with Crippen LogP contribution < -0.4 is 14.8 Å². The number of carbonyl (C=O) groups is 1. The van der Waals surface area contributed by atoms with Crippen LogP contribution in [-0.4, -0.2) is 39.4 Å². The van der Waals surface area contributed by atoms with E-state index in [0.717, 1.165) is 25.2 Å². The highest BCUT2D eigenvalue weighted by atomic mass is 32.2. The number of aryl methyl sites for hydroxylation is 1. The van der Waals surface area contributed by atoms with E-state index in [2.05, 4.69) is 40.9 Å². The molecule has 0 aliphatic rings. The summed E-state index contributed by atoms with van der Waals surface area (Å²) in [6, 6.07) is 19.3. The third-order valence-corrected chi connectivity index (χ3v) is 7.23. The predicted molar refractivity (Wildman–Crippen MR) is 139 cm³/mol. The molecule has 2 N–H and O–H groups in total. The average molecular weight is 496 g/mol. The lowest BCUT2D eigenvalue weighted by molar-refractivity contribution is 0.0950. The van der Waals surface area contributed by atoms with Crippen molar-refractivity contribution in [2.45, 2.75) is 38.8 Å². The summed E-state index contributed by atoms with van der Waals surface area (Å²) in [7, 11) is -2.33. The molecular formula is C27H33N3O4S. The van der Waals surface area contributed by atoms with Gasteiger partial charge < -0.3 is 10.1 Å². The molecule has 0 aliphatic heterocycles. The zero-order valence-corrected chi connectivity index (χ0v) is 21.5. The maximum Gasteiger partial charge on any atom is 0.261 e. The number of sulfonamides is 1. The maximum atomic E-state index is 13.0. The van der Waals surface area contributed by atoms with E-state index in [4.69, 9.17) is 4.74 Å². The maximum absolute atomic E-state index is 13.0. The zero-order valence-electron chi connectivity index (χ0n) is 20.7. The lowest BCUT2D eigenvalue weighted by Gasteiger charge is -2.18. The quantitative estimate of drug-likeness (QED) is 0.407. The van der Waals surface area contributed by atoms with Gasteiger partial charge in [-0.1, -0.05) is 44.2 Å². The minimum Gasteiger partial charge on any atom is -0.497 e. The van der Waals surface area contributed by atoms with Gasteiger partial charge in [-0.2, -0.15) is 0 Å². The molecule has 0 heterocycles. The van der Waals surface area contributed by atoms with E-state index >= 15 is 0 Å². The third-order valence-electron chi connectivity index (χ3n) is 5.85. The van der Waals surface area contributed by atoms with Crippen LogP contribution >= 0.6 is 0 Å². The molecule has 0 aliphatic carbocycles. The van der Waals surface area contributed by atoms with Crippen LogP contribution in [0.15, 0.2) is 71.6 Å². The number of amides is 1. The van der Waals surface area contributed by atoms with E-state index in [1.54, 1.807) is 44.4 Å². The normalized spacial score (nSPS) is 11.3. The van der Waals surface area contributed by atoms with Crippen molar-refractivity contribution in [1.82, 2.24) is 10.2 Å². The minimum absolute atomic E-state index is 0.0188. The Labute approximate surface area is 208 Å². The number of anilines is 1. The number of nitrogens with one attached hydrogen (secondary N) is 2. The fraction of sp³-hybridized carbons (Fsp3) is 0.296. The van der Waals surface area contributed by atoms with E-state index in [-0.39, 0.29) is 10.8 Å². The standard InChI is InChI=1S/C27H33N3O4S/c1-5-30(6-2)19-22-9-7-8-21(16-22)18-28-27(31)26-17-25(15-10-20(26)3)35(32,33)29-23-11-13-24(34-4)14-12-23/h7-17,29H,5-6,18-19H2,1-4H3,(H,28,31). The van der Waals surface area contributed by atoms with E-state index < -0.39 is 10.0 Å². The van der Waals surface area contributed by atoms with Gasteiger partial charge in [-0.05, 0) is 73.1 Å². The molecule has 0 bridgehead atoms. The monoisotopic (exact) mass is 495 g/mol. The minimum atomic E-state index is -3.87. The SMILES string of the molecule is CCN(CC)Cc1cccc(CNC(=O)c2cc(S(=O)(=O)Nc3ccc(OC)cc3)ccc2C)c1. The topological polar surface area (TPSA) is 87.7 Å². The summed E-state index contributed by atoms with van der Waals surface area (Å²) < 4.78 is 33.5. The van der Waals surface area contributed by atoms with E-state index in [0.29, 0.717) is 29.1 Å². The molecule has 3 aromatic carbocycles. The van der Waals surface area contributed by atoms with Crippen LogP contribution in [0.3, 0.4) is 0 Å². The van der Waals surface area contributed by atoms with Crippen molar-refractivity contribution in [1.29, 1.82) is 0 Å². The Balaban J connectivity index is 1.71. The number of carbonyl (C=O) groups excluding carboxylic acids is 1. The molecule has 7 nitrogen and oxygen atoms in total. The first kappa shape index (κ1) is 26.2. The van der Waals surface area contributed by atoms with Crippen LogP contribution in [0, 0.1) is 6.92 Å². The molecule has 0 fully saturated rings. The van der Waals surface area contributed by atoms with Crippen molar-refractivity contribution in [2.75, 3.05) is 24.9 Å². The van der Waals surface area contributed by atoms with Crippen LogP contribution in [0.2, 0.25) is 0 Å². The van der Waals surface area contributed by atoms with Gasteiger partial charge in [0.1, 0.15) is 5.75 Å². The molecule has 1 amide bonds. The highest BCUT2D eigenvalue weighted by Crippen LogP contribution is 2.21. The number of hydrogen-bond acceptors (Lipinski definition) is 5. The largest absolute Gasteiger partial charge is 0.497 e. The zero-order chi connectivity index (χ0) is 25.4. The summed E-state index contributed by atoms with van der Waals surface area (Å²) in [6.45, 7) is 9.22. The van der Waals surface area contributed by atoms with Crippen LogP contribution in [0.5, 0.6) is 5.75 Å². The molecule has 3 aromatic rings. The van der Waals surface area contributed by atoms with Crippen LogP contribution in [0.25, 0.3) is 0 Å². The number of methoxy groups -OCH3 is 1. The summed E-state index contributed by atoms with van der Waals surface area (Å²) in [5, 5.41) is 2.92. The van der Waals surface area contributed by atoms with Gasteiger partial charge in [-0.15, -0.1) is 0 Å². The smallest absolute Gasteiger partial charge is 0.261 e. The molecule has 0 saturated carbocycles. The average Bonchev–Trinajstić information content (AvgIpc) is 2.86. The summed E-state index contributed by atoms with van der Waals surface area (Å²) in [4.78, 5) is 15.3. The van der Waals surface area contributed by atoms with Gasteiger partial charge >= 0.3 is 0 Å². The highest BCUT2D eigenvalue weighted by molar-refractivity contribution is 7.92. The van der Waals surface area contributed by atoms with Crippen LogP contribution in [0.4, 0.5) is 5.69 Å². The van der Waals surface area contributed by atoms with Crippen LogP contribution in [0.1, 0.15) is 40.9 Å². The van der Waals surface area contributed by atoms with Crippen molar-refractivity contribution in [2.24, 2.45) is 0 Å². The molecule has 186 valence electrons. The first-order valence-electron chi connectivity index (χ1n) is 11.6. The first-order chi connectivity index (χ1) is 16.7. The molecule has 0 aromatic heterocycles. The van der Waals surface area contributed by atoms with Gasteiger partial charge in [0.05, 0.1) is 12.0 Å². The molecule has 35 heavy (non-hydrogen) atoms. The second-order valence-corrected chi connectivity index (χ2v) is 9.96. The lowest BCUT2D eigenvalue weighted by atomic mass is 10.1. The van der Waals surface area contributed by atoms with Crippen molar-refractivity contribution in [3.05, 3.63) is 89.0 Å². The predicted octanol–water partition coefficient (Wildman–Crippen LogP) is 4.58. The second-order valence-electron chi connectivity index (χ2n) is 8.27. The first-order valence-corrected chi connectivity index (χ1v) is 13.1. The van der Waals surface area contributed by atoms with Gasteiger partial charge in [0.2, 0.25) is 0 Å². The molecule has 0 unspecified atom stereocenters. The van der Waals surface area contributed by atoms with Crippen LogP contribution in [-0.2, 0) is 23.1 Å². The van der Waals surface area contributed by atoms with Crippen molar-refractivity contribution < 1.29 is 17.9 Å². The number of hydrogen-bond donors (Lipinski definition) is 2. The summed E-state index contributed by atoms with van der Waals surface area (Å²) >= 11 is 0. The fourth-order valence-electron chi connectivity index (χ4n) is 3.71. The third kappa shape index (κ3) is 7.07. The van der Waals surface area contributed by atoms with Crippen molar-refractivity contribution in [3.8, 4) is 5.75 Å². The molecule has 0 saturated heterocycles. The van der Waals surface area contributed by atoms with Gasteiger partial charge in [0.25, 0.3) is 15.9 Å². The number of benzene rings is 3. The number of rotatable bonds is 11. The molecule has 8 heteroatoms. The lowest BCUT2D eigenvalue weighted by Crippen LogP contribution is -2.25. The Morgan fingerprint density at radius 1 is 0.943 bits per heavy atom.